The maximum absolute atomic E-state index is 11.3. The normalized spacial score (nSPS) is 11.8. The molecule has 0 aromatic rings. The zero-order valence-corrected chi connectivity index (χ0v) is 12.2. The van der Waals surface area contributed by atoms with Crippen LogP contribution in [0.4, 0.5) is 4.79 Å². The third-order valence-electron chi connectivity index (χ3n) is 1.96. The van der Waals surface area contributed by atoms with E-state index in [1.807, 2.05) is 20.8 Å². The molecule has 6 nitrogen and oxygen atoms in total. The van der Waals surface area contributed by atoms with Crippen LogP contribution in [0, 0.1) is 0 Å². The first kappa shape index (κ1) is 17.3. The van der Waals surface area contributed by atoms with Gasteiger partial charge in [0.1, 0.15) is 5.60 Å². The van der Waals surface area contributed by atoms with Gasteiger partial charge in [0.15, 0.2) is 5.96 Å². The molecule has 0 atom stereocenters. The summed E-state index contributed by atoms with van der Waals surface area (Å²) < 4.78 is 5.11. The van der Waals surface area contributed by atoms with Gasteiger partial charge in [-0.1, -0.05) is 6.08 Å². The summed E-state index contributed by atoms with van der Waals surface area (Å²) in [6.07, 6.45) is 3.01. The zero-order chi connectivity index (χ0) is 14.7. The number of ether oxygens (including phenoxy) is 1. The van der Waals surface area contributed by atoms with Gasteiger partial charge in [-0.15, -0.1) is 6.58 Å². The van der Waals surface area contributed by atoms with Gasteiger partial charge in [0, 0.05) is 19.6 Å². The Morgan fingerprint density at radius 3 is 2.63 bits per heavy atom. The lowest BCUT2D eigenvalue weighted by atomic mass is 10.2. The van der Waals surface area contributed by atoms with E-state index in [2.05, 4.69) is 22.2 Å². The summed E-state index contributed by atoms with van der Waals surface area (Å²) in [7, 11) is 0. The number of amides is 1. The Labute approximate surface area is 115 Å². The predicted molar refractivity (Wildman–Crippen MR) is 78.2 cm³/mol. The standard InChI is InChI=1S/C13H26N4O2/c1-5-8-15-11(14)16-9-6-7-10-17-12(18)19-13(2,3)4/h5H,1,6-10H2,2-4H3,(H,17,18)(H3,14,15,16). The number of aliphatic imine (C=N–C) groups is 1. The number of guanidine groups is 1. The smallest absolute Gasteiger partial charge is 0.407 e. The van der Waals surface area contributed by atoms with Crippen molar-refractivity contribution >= 4 is 12.1 Å². The minimum absolute atomic E-state index is 0.386. The molecule has 0 rings (SSSR count). The number of carbonyl (C=O) groups excluding carboxylic acids is 1. The first-order chi connectivity index (χ1) is 8.85. The second kappa shape index (κ2) is 9.24. The maximum Gasteiger partial charge on any atom is 0.407 e. The molecule has 0 aromatic carbocycles. The molecule has 0 heterocycles. The molecule has 4 N–H and O–H groups in total. The summed E-state index contributed by atoms with van der Waals surface area (Å²) in [6.45, 7) is 10.9. The fourth-order valence-corrected chi connectivity index (χ4v) is 1.17. The molecular weight excluding hydrogens is 244 g/mol. The van der Waals surface area contributed by atoms with Gasteiger partial charge in [0.2, 0.25) is 0 Å². The number of nitrogens with two attached hydrogens (primary N) is 1. The molecule has 0 aliphatic carbocycles. The van der Waals surface area contributed by atoms with Gasteiger partial charge in [-0.05, 0) is 33.6 Å². The molecule has 0 saturated carbocycles. The van der Waals surface area contributed by atoms with E-state index in [9.17, 15) is 4.79 Å². The van der Waals surface area contributed by atoms with E-state index in [0.29, 0.717) is 25.6 Å². The SMILES string of the molecule is C=CCNC(N)=NCCCCNC(=O)OC(C)(C)C. The second-order valence-corrected chi connectivity index (χ2v) is 5.07. The van der Waals surface area contributed by atoms with Crippen LogP contribution in [0.2, 0.25) is 0 Å². The van der Waals surface area contributed by atoms with Crippen LogP contribution in [0.1, 0.15) is 33.6 Å². The van der Waals surface area contributed by atoms with Crippen LogP contribution < -0.4 is 16.4 Å². The molecule has 0 bridgehead atoms. The number of hydrogen-bond donors (Lipinski definition) is 3. The van der Waals surface area contributed by atoms with E-state index in [1.165, 1.54) is 0 Å². The average molecular weight is 270 g/mol. The first-order valence-corrected chi connectivity index (χ1v) is 6.46. The van der Waals surface area contributed by atoms with Crippen LogP contribution in [-0.2, 0) is 4.74 Å². The van der Waals surface area contributed by atoms with Crippen LogP contribution >= 0.6 is 0 Å². The minimum atomic E-state index is -0.459. The summed E-state index contributed by atoms with van der Waals surface area (Å²) in [5.41, 5.74) is 5.13. The zero-order valence-electron chi connectivity index (χ0n) is 12.2. The topological polar surface area (TPSA) is 88.7 Å². The molecule has 110 valence electrons. The number of nitrogens with zero attached hydrogens (tertiary/aromatic N) is 1. The lowest BCUT2D eigenvalue weighted by Crippen LogP contribution is -2.33. The summed E-state index contributed by atoms with van der Waals surface area (Å²) >= 11 is 0. The molecule has 0 unspecified atom stereocenters. The van der Waals surface area contributed by atoms with Gasteiger partial charge in [-0.25, -0.2) is 4.79 Å². The molecule has 1 amide bonds. The lowest BCUT2D eigenvalue weighted by Gasteiger charge is -2.19. The molecule has 0 spiro atoms. The van der Waals surface area contributed by atoms with E-state index >= 15 is 0 Å². The minimum Gasteiger partial charge on any atom is -0.444 e. The van der Waals surface area contributed by atoms with E-state index in [4.69, 9.17) is 10.5 Å². The van der Waals surface area contributed by atoms with Gasteiger partial charge in [0.05, 0.1) is 0 Å². The molecule has 0 fully saturated rings. The van der Waals surface area contributed by atoms with Gasteiger partial charge in [0.25, 0.3) is 0 Å². The van der Waals surface area contributed by atoms with Crippen molar-refractivity contribution < 1.29 is 9.53 Å². The highest BCUT2D eigenvalue weighted by atomic mass is 16.6. The molecular formula is C13H26N4O2. The Bertz CT molecular complexity index is 308. The summed E-state index contributed by atoms with van der Waals surface area (Å²) in [6, 6.07) is 0. The number of hydrogen-bond acceptors (Lipinski definition) is 3. The number of unbranched alkanes of at least 4 members (excludes halogenated alkanes) is 1. The van der Waals surface area contributed by atoms with E-state index in [1.54, 1.807) is 6.08 Å². The molecule has 19 heavy (non-hydrogen) atoms. The highest BCUT2D eigenvalue weighted by molar-refractivity contribution is 5.77. The fraction of sp³-hybridized carbons (Fsp3) is 0.692. The van der Waals surface area contributed by atoms with Crippen LogP contribution in [0.5, 0.6) is 0 Å². The first-order valence-electron chi connectivity index (χ1n) is 6.46. The van der Waals surface area contributed by atoms with Crippen LogP contribution in [-0.4, -0.2) is 37.3 Å². The Kier molecular flexibility index (Phi) is 8.41. The van der Waals surface area contributed by atoms with Gasteiger partial charge in [-0.2, -0.15) is 0 Å². The Hall–Kier alpha value is -1.72. The van der Waals surface area contributed by atoms with Crippen molar-refractivity contribution in [1.82, 2.24) is 10.6 Å². The quantitative estimate of drug-likeness (QED) is 0.282. The highest BCUT2D eigenvalue weighted by Crippen LogP contribution is 2.06. The van der Waals surface area contributed by atoms with Crippen molar-refractivity contribution in [2.24, 2.45) is 10.7 Å². The van der Waals surface area contributed by atoms with E-state index in [0.717, 1.165) is 12.8 Å². The second-order valence-electron chi connectivity index (χ2n) is 5.07. The van der Waals surface area contributed by atoms with Crippen molar-refractivity contribution in [3.05, 3.63) is 12.7 Å². The van der Waals surface area contributed by atoms with E-state index < -0.39 is 5.60 Å². The molecule has 0 radical (unpaired) electrons. The molecule has 6 heteroatoms. The number of nitrogens with one attached hydrogen (secondary N) is 2. The molecule has 0 aliphatic rings. The van der Waals surface area contributed by atoms with Crippen LogP contribution in [0.25, 0.3) is 0 Å². The summed E-state index contributed by atoms with van der Waals surface area (Å²) in [5, 5.41) is 5.58. The van der Waals surface area contributed by atoms with Crippen molar-refractivity contribution in [3.63, 3.8) is 0 Å². The van der Waals surface area contributed by atoms with Crippen LogP contribution in [0.15, 0.2) is 17.6 Å². The van der Waals surface area contributed by atoms with Gasteiger partial charge >= 0.3 is 6.09 Å². The maximum atomic E-state index is 11.3. The monoisotopic (exact) mass is 270 g/mol. The van der Waals surface area contributed by atoms with Crippen molar-refractivity contribution in [3.8, 4) is 0 Å². The Morgan fingerprint density at radius 1 is 1.37 bits per heavy atom. The largest absolute Gasteiger partial charge is 0.444 e. The average Bonchev–Trinajstić information content (AvgIpc) is 2.28. The lowest BCUT2D eigenvalue weighted by molar-refractivity contribution is 0.0527. The van der Waals surface area contributed by atoms with Crippen LogP contribution in [0.3, 0.4) is 0 Å². The van der Waals surface area contributed by atoms with Gasteiger partial charge < -0.3 is 21.1 Å². The van der Waals surface area contributed by atoms with Crippen molar-refractivity contribution in [2.75, 3.05) is 19.6 Å². The molecule has 0 saturated heterocycles. The molecule has 0 aliphatic heterocycles. The van der Waals surface area contributed by atoms with Gasteiger partial charge in [-0.3, -0.25) is 4.99 Å². The highest BCUT2D eigenvalue weighted by Gasteiger charge is 2.15. The third-order valence-corrected chi connectivity index (χ3v) is 1.96. The fourth-order valence-electron chi connectivity index (χ4n) is 1.17. The Morgan fingerprint density at radius 2 is 2.05 bits per heavy atom. The third kappa shape index (κ3) is 12.5. The Balaban J connectivity index is 3.55. The van der Waals surface area contributed by atoms with Crippen molar-refractivity contribution in [2.45, 2.75) is 39.2 Å². The van der Waals surface area contributed by atoms with E-state index in [-0.39, 0.29) is 6.09 Å². The molecule has 0 aromatic heterocycles. The number of rotatable bonds is 7. The number of alkyl carbamates (subject to hydrolysis) is 1. The number of carbonyl (C=O) groups is 1. The summed E-state index contributed by atoms with van der Waals surface area (Å²) in [5.74, 6) is 0.417. The van der Waals surface area contributed by atoms with Crippen molar-refractivity contribution in [1.29, 1.82) is 0 Å². The summed E-state index contributed by atoms with van der Waals surface area (Å²) in [4.78, 5) is 15.4. The predicted octanol–water partition coefficient (Wildman–Crippen LogP) is 1.38.